The molecule has 6 heteroatoms. The number of nitrogens with zero attached hydrogens (tertiary/aromatic N) is 3. The van der Waals surface area contributed by atoms with Crippen LogP contribution in [0.4, 0.5) is 0 Å². The first-order valence-corrected chi connectivity index (χ1v) is 7.63. The summed E-state index contributed by atoms with van der Waals surface area (Å²) in [4.78, 5) is 13.6. The lowest BCUT2D eigenvalue weighted by atomic mass is 10.2. The summed E-state index contributed by atoms with van der Waals surface area (Å²) in [6.45, 7) is 2.77. The Morgan fingerprint density at radius 2 is 2.17 bits per heavy atom. The number of nitrogens with one attached hydrogen (secondary N) is 1. The largest absolute Gasteiger partial charge is 0.494 e. The number of para-hydroxylation sites is 2. The van der Waals surface area contributed by atoms with Gasteiger partial charge in [-0.3, -0.25) is 9.69 Å². The van der Waals surface area contributed by atoms with Crippen LogP contribution < -0.4 is 10.1 Å². The van der Waals surface area contributed by atoms with E-state index in [0.29, 0.717) is 6.42 Å². The maximum Gasteiger partial charge on any atom is 0.221 e. The number of hydrogen-bond acceptors (Lipinski definition) is 4. The molecular formula is C17H24N4O2. The number of ether oxygens (including phenoxy) is 1. The zero-order valence-electron chi connectivity index (χ0n) is 14.1. The number of aromatic nitrogens is 2. The predicted molar refractivity (Wildman–Crippen MR) is 89.7 cm³/mol. The van der Waals surface area contributed by atoms with Crippen LogP contribution in [0.5, 0.6) is 5.75 Å². The minimum absolute atomic E-state index is 0.0501. The van der Waals surface area contributed by atoms with Gasteiger partial charge in [0.05, 0.1) is 13.3 Å². The van der Waals surface area contributed by atoms with Crippen molar-refractivity contribution >= 4 is 5.91 Å². The van der Waals surface area contributed by atoms with Crippen LogP contribution in [0.1, 0.15) is 18.9 Å². The maximum absolute atomic E-state index is 11.5. The molecule has 0 aliphatic carbocycles. The van der Waals surface area contributed by atoms with Gasteiger partial charge in [0.2, 0.25) is 5.91 Å². The van der Waals surface area contributed by atoms with E-state index in [9.17, 15) is 4.79 Å². The summed E-state index contributed by atoms with van der Waals surface area (Å²) in [7, 11) is 5.32. The SMILES string of the molecule is CNC(=O)C[C@H](C)N(C)Cc1cnn(-c2ccccc2OC)c1. The van der Waals surface area contributed by atoms with E-state index in [-0.39, 0.29) is 11.9 Å². The van der Waals surface area contributed by atoms with E-state index in [1.165, 1.54) is 0 Å². The first-order chi connectivity index (χ1) is 11.0. The molecule has 1 heterocycles. The molecule has 0 aliphatic rings. The summed E-state index contributed by atoms with van der Waals surface area (Å²) in [5.41, 5.74) is 1.99. The van der Waals surface area contributed by atoms with Gasteiger partial charge in [-0.15, -0.1) is 0 Å². The molecule has 0 saturated carbocycles. The van der Waals surface area contributed by atoms with Gasteiger partial charge in [-0.05, 0) is 26.1 Å². The molecule has 1 N–H and O–H groups in total. The lowest BCUT2D eigenvalue weighted by Crippen LogP contribution is -2.33. The summed E-state index contributed by atoms with van der Waals surface area (Å²) < 4.78 is 7.18. The van der Waals surface area contributed by atoms with Gasteiger partial charge in [0, 0.05) is 37.8 Å². The average molecular weight is 316 g/mol. The molecule has 1 aromatic carbocycles. The molecule has 2 aromatic rings. The van der Waals surface area contributed by atoms with Crippen molar-refractivity contribution in [1.29, 1.82) is 0 Å². The smallest absolute Gasteiger partial charge is 0.221 e. The molecule has 0 unspecified atom stereocenters. The van der Waals surface area contributed by atoms with E-state index >= 15 is 0 Å². The van der Waals surface area contributed by atoms with Crippen molar-refractivity contribution < 1.29 is 9.53 Å². The Labute approximate surface area is 137 Å². The topological polar surface area (TPSA) is 59.4 Å². The highest BCUT2D eigenvalue weighted by Crippen LogP contribution is 2.21. The average Bonchev–Trinajstić information content (AvgIpc) is 3.02. The maximum atomic E-state index is 11.5. The van der Waals surface area contributed by atoms with Crippen LogP contribution >= 0.6 is 0 Å². The van der Waals surface area contributed by atoms with Gasteiger partial charge in [0.1, 0.15) is 11.4 Å². The van der Waals surface area contributed by atoms with Gasteiger partial charge in [-0.2, -0.15) is 5.10 Å². The third-order valence-electron chi connectivity index (χ3n) is 3.91. The molecule has 1 aromatic heterocycles. The Morgan fingerprint density at radius 3 is 2.87 bits per heavy atom. The molecule has 6 nitrogen and oxygen atoms in total. The van der Waals surface area contributed by atoms with Crippen molar-refractivity contribution in [2.75, 3.05) is 21.2 Å². The molecule has 0 fully saturated rings. The molecule has 23 heavy (non-hydrogen) atoms. The number of amides is 1. The van der Waals surface area contributed by atoms with Crippen molar-refractivity contribution in [2.24, 2.45) is 0 Å². The fourth-order valence-electron chi connectivity index (χ4n) is 2.36. The lowest BCUT2D eigenvalue weighted by Gasteiger charge is -2.23. The number of methoxy groups -OCH3 is 1. The van der Waals surface area contributed by atoms with Crippen molar-refractivity contribution in [3.8, 4) is 11.4 Å². The molecule has 124 valence electrons. The Morgan fingerprint density at radius 1 is 1.43 bits per heavy atom. The van der Waals surface area contributed by atoms with E-state index in [1.54, 1.807) is 14.2 Å². The van der Waals surface area contributed by atoms with E-state index in [2.05, 4.69) is 15.3 Å². The molecule has 1 amide bonds. The summed E-state index contributed by atoms with van der Waals surface area (Å²) in [5, 5.41) is 7.07. The number of carbonyl (C=O) groups is 1. The Hall–Kier alpha value is -2.34. The first kappa shape index (κ1) is 17.0. The Kier molecular flexibility index (Phi) is 5.76. The van der Waals surface area contributed by atoms with E-state index < -0.39 is 0 Å². The molecule has 0 spiro atoms. The number of rotatable bonds is 7. The first-order valence-electron chi connectivity index (χ1n) is 7.63. The minimum Gasteiger partial charge on any atom is -0.494 e. The molecular weight excluding hydrogens is 292 g/mol. The van der Waals surface area contributed by atoms with Crippen LogP contribution in [-0.2, 0) is 11.3 Å². The molecule has 0 aliphatic heterocycles. The normalized spacial score (nSPS) is 12.2. The Balaban J connectivity index is 2.06. The van der Waals surface area contributed by atoms with Crippen molar-refractivity contribution in [3.05, 3.63) is 42.2 Å². The number of carbonyl (C=O) groups excluding carboxylic acids is 1. The monoisotopic (exact) mass is 316 g/mol. The molecule has 0 bridgehead atoms. The quantitative estimate of drug-likeness (QED) is 0.847. The predicted octanol–water partition coefficient (Wildman–Crippen LogP) is 1.84. The summed E-state index contributed by atoms with van der Waals surface area (Å²) in [6, 6.07) is 7.92. The second-order valence-corrected chi connectivity index (χ2v) is 5.61. The number of hydrogen-bond donors (Lipinski definition) is 1. The van der Waals surface area contributed by atoms with Gasteiger partial charge >= 0.3 is 0 Å². The molecule has 1 atom stereocenters. The molecule has 0 radical (unpaired) electrons. The summed E-state index contributed by atoms with van der Waals surface area (Å²) >= 11 is 0. The third-order valence-corrected chi connectivity index (χ3v) is 3.91. The van der Waals surface area contributed by atoms with Gasteiger partial charge in [0.15, 0.2) is 0 Å². The van der Waals surface area contributed by atoms with Crippen molar-refractivity contribution in [1.82, 2.24) is 20.0 Å². The van der Waals surface area contributed by atoms with Crippen LogP contribution in [0.25, 0.3) is 5.69 Å². The molecule has 0 saturated heterocycles. The summed E-state index contributed by atoms with van der Waals surface area (Å²) in [6.07, 6.45) is 4.31. The van der Waals surface area contributed by atoms with E-state index in [1.807, 2.05) is 55.3 Å². The van der Waals surface area contributed by atoms with E-state index in [4.69, 9.17) is 4.74 Å². The highest BCUT2D eigenvalue weighted by Gasteiger charge is 2.14. The van der Waals surface area contributed by atoms with Crippen LogP contribution in [0, 0.1) is 0 Å². The van der Waals surface area contributed by atoms with Gasteiger partial charge in [-0.25, -0.2) is 4.68 Å². The molecule has 2 rings (SSSR count). The van der Waals surface area contributed by atoms with Crippen molar-refractivity contribution in [2.45, 2.75) is 25.9 Å². The second kappa shape index (κ2) is 7.78. The van der Waals surface area contributed by atoms with Gasteiger partial charge in [0.25, 0.3) is 0 Å². The van der Waals surface area contributed by atoms with Crippen LogP contribution in [0.3, 0.4) is 0 Å². The zero-order chi connectivity index (χ0) is 16.8. The zero-order valence-corrected chi connectivity index (χ0v) is 14.1. The van der Waals surface area contributed by atoms with Gasteiger partial charge < -0.3 is 10.1 Å². The Bertz CT molecular complexity index is 654. The second-order valence-electron chi connectivity index (χ2n) is 5.61. The highest BCUT2D eigenvalue weighted by atomic mass is 16.5. The van der Waals surface area contributed by atoms with E-state index in [0.717, 1.165) is 23.5 Å². The fourth-order valence-corrected chi connectivity index (χ4v) is 2.36. The van der Waals surface area contributed by atoms with Crippen LogP contribution in [-0.4, -0.2) is 47.8 Å². The van der Waals surface area contributed by atoms with Crippen LogP contribution in [0.2, 0.25) is 0 Å². The third kappa shape index (κ3) is 4.32. The standard InChI is InChI=1S/C17H24N4O2/c1-13(9-17(22)18-2)20(3)11-14-10-19-21(12-14)15-7-5-6-8-16(15)23-4/h5-8,10,12-13H,9,11H2,1-4H3,(H,18,22)/t13-/m0/s1. The highest BCUT2D eigenvalue weighted by molar-refractivity contribution is 5.76. The van der Waals surface area contributed by atoms with Crippen LogP contribution in [0.15, 0.2) is 36.7 Å². The van der Waals surface area contributed by atoms with Crippen molar-refractivity contribution in [3.63, 3.8) is 0 Å². The number of benzene rings is 1. The summed E-state index contributed by atoms with van der Waals surface area (Å²) in [5.74, 6) is 0.831. The van der Waals surface area contributed by atoms with Gasteiger partial charge in [-0.1, -0.05) is 12.1 Å². The fraction of sp³-hybridized carbons (Fsp3) is 0.412. The minimum atomic E-state index is 0.0501. The lowest BCUT2D eigenvalue weighted by molar-refractivity contribution is -0.121.